The van der Waals surface area contributed by atoms with E-state index in [4.69, 9.17) is 5.11 Å². The van der Waals surface area contributed by atoms with Gasteiger partial charge in [0.15, 0.2) is 0 Å². The number of rotatable bonds is 10. The maximum absolute atomic E-state index is 11.0. The molecule has 0 spiro atoms. The van der Waals surface area contributed by atoms with Gasteiger partial charge in [0.05, 0.1) is 12.5 Å². The van der Waals surface area contributed by atoms with Crippen molar-refractivity contribution in [1.82, 2.24) is 5.32 Å². The second kappa shape index (κ2) is 8.91. The van der Waals surface area contributed by atoms with Gasteiger partial charge in [-0.05, 0) is 19.3 Å². The molecular formula is C14H27N2O3+. The molecule has 1 aliphatic heterocycles. The fraction of sp³-hybridized carbons (Fsp3) is 0.857. The van der Waals surface area contributed by atoms with Gasteiger partial charge < -0.3 is 10.2 Å². The van der Waals surface area contributed by atoms with E-state index >= 15 is 0 Å². The molecule has 5 nitrogen and oxygen atoms in total. The zero-order valence-electron chi connectivity index (χ0n) is 11.8. The van der Waals surface area contributed by atoms with E-state index in [1.54, 1.807) is 0 Å². The van der Waals surface area contributed by atoms with Gasteiger partial charge in [-0.1, -0.05) is 19.8 Å². The lowest BCUT2D eigenvalue weighted by Gasteiger charge is -2.25. The molecule has 0 aliphatic carbocycles. The Kier molecular flexibility index (Phi) is 7.48. The molecule has 0 radical (unpaired) electrons. The molecule has 19 heavy (non-hydrogen) atoms. The Morgan fingerprint density at radius 3 is 2.74 bits per heavy atom. The summed E-state index contributed by atoms with van der Waals surface area (Å²) in [6.45, 7) is 4.08. The first-order valence-electron chi connectivity index (χ1n) is 7.34. The zero-order valence-corrected chi connectivity index (χ0v) is 11.8. The van der Waals surface area contributed by atoms with Crippen molar-refractivity contribution in [2.24, 2.45) is 5.92 Å². The number of hydrogen-bond donors (Lipinski definition) is 3. The van der Waals surface area contributed by atoms with Crippen LogP contribution in [0.4, 0.5) is 0 Å². The van der Waals surface area contributed by atoms with Crippen molar-refractivity contribution < 1.29 is 19.6 Å². The monoisotopic (exact) mass is 271 g/mol. The molecule has 1 rings (SSSR count). The Labute approximate surface area is 115 Å². The van der Waals surface area contributed by atoms with Gasteiger partial charge >= 0.3 is 5.97 Å². The molecule has 2 atom stereocenters. The highest BCUT2D eigenvalue weighted by molar-refractivity contribution is 5.67. The van der Waals surface area contributed by atoms with E-state index in [2.05, 4.69) is 16.8 Å². The molecule has 0 aromatic carbocycles. The molecule has 0 unspecified atom stereocenters. The lowest BCUT2D eigenvalue weighted by Crippen LogP contribution is -2.35. The van der Waals surface area contributed by atoms with Crippen LogP contribution < -0.4 is 5.32 Å². The van der Waals surface area contributed by atoms with Crippen molar-refractivity contribution in [3.8, 4) is 0 Å². The number of carboxylic acid groups (broad SMARTS) is 1. The molecule has 3 N–H and O–H groups in total. The predicted octanol–water partition coefficient (Wildman–Crippen LogP) is 1.05. The molecule has 1 aliphatic rings. The molecule has 0 aromatic heterocycles. The summed E-state index contributed by atoms with van der Waals surface area (Å²) in [5, 5.41) is 21.4. The minimum atomic E-state index is -0.772. The lowest BCUT2D eigenvalue weighted by molar-refractivity contribution is -0.563. The normalized spacial score (nSPS) is 17.7. The smallest absolute Gasteiger partial charge is 0.303 e. The lowest BCUT2D eigenvalue weighted by atomic mass is 9.88. The maximum atomic E-state index is 11.0. The number of hydrogen-bond acceptors (Lipinski definition) is 3. The van der Waals surface area contributed by atoms with Crippen LogP contribution in [0.3, 0.4) is 0 Å². The van der Waals surface area contributed by atoms with Crippen LogP contribution in [0.2, 0.25) is 0 Å². The van der Waals surface area contributed by atoms with Crippen molar-refractivity contribution in [3.05, 3.63) is 0 Å². The molecule has 1 heterocycles. The van der Waals surface area contributed by atoms with Crippen molar-refractivity contribution in [2.75, 3.05) is 19.7 Å². The van der Waals surface area contributed by atoms with E-state index in [0.29, 0.717) is 6.42 Å². The van der Waals surface area contributed by atoms with Gasteiger partial charge in [-0.25, -0.2) is 0 Å². The summed E-state index contributed by atoms with van der Waals surface area (Å²) in [4.78, 5) is 11.0. The Hall–Kier alpha value is -1.10. The predicted molar refractivity (Wildman–Crippen MR) is 74.6 cm³/mol. The minimum absolute atomic E-state index is 0.0236. The highest BCUT2D eigenvalue weighted by atomic mass is 16.4. The van der Waals surface area contributed by atoms with Crippen LogP contribution in [-0.2, 0) is 4.79 Å². The largest absolute Gasteiger partial charge is 0.481 e. The maximum Gasteiger partial charge on any atom is 0.303 e. The molecular weight excluding hydrogens is 244 g/mol. The summed E-state index contributed by atoms with van der Waals surface area (Å²) in [5.41, 5.74) is 0. The van der Waals surface area contributed by atoms with Crippen molar-refractivity contribution >= 4 is 12.3 Å². The van der Waals surface area contributed by atoms with Crippen molar-refractivity contribution in [3.63, 3.8) is 0 Å². The van der Waals surface area contributed by atoms with Gasteiger partial charge in [-0.15, -0.1) is 0 Å². The number of aliphatic carboxylic acids is 1. The Morgan fingerprint density at radius 1 is 1.42 bits per heavy atom. The summed E-state index contributed by atoms with van der Waals surface area (Å²) in [7, 11) is 0. The molecule has 0 amide bonds. The third-order valence-electron chi connectivity index (χ3n) is 3.78. The number of nitrogens with one attached hydrogen (secondary N) is 1. The van der Waals surface area contributed by atoms with E-state index in [1.165, 1.54) is 6.42 Å². The van der Waals surface area contributed by atoms with E-state index < -0.39 is 5.97 Å². The van der Waals surface area contributed by atoms with E-state index in [1.807, 2.05) is 6.34 Å². The van der Waals surface area contributed by atoms with Crippen LogP contribution in [0.15, 0.2) is 0 Å². The van der Waals surface area contributed by atoms with E-state index in [9.17, 15) is 9.90 Å². The molecule has 0 saturated carbocycles. The molecule has 0 fully saturated rings. The number of aliphatic hydroxyl groups is 1. The van der Waals surface area contributed by atoms with Crippen molar-refractivity contribution in [1.29, 1.82) is 0 Å². The molecule has 0 saturated heterocycles. The first-order chi connectivity index (χ1) is 9.19. The quantitative estimate of drug-likeness (QED) is 0.410. The number of unbranched alkanes of at least 4 members (excludes halogenated alkanes) is 2. The first kappa shape index (κ1) is 16.0. The molecule has 110 valence electrons. The third kappa shape index (κ3) is 5.59. The summed E-state index contributed by atoms with van der Waals surface area (Å²) >= 11 is 0. The van der Waals surface area contributed by atoms with Gasteiger partial charge in [0, 0.05) is 12.5 Å². The third-order valence-corrected chi connectivity index (χ3v) is 3.78. The van der Waals surface area contributed by atoms with Gasteiger partial charge in [0.25, 0.3) is 0 Å². The zero-order chi connectivity index (χ0) is 14.1. The van der Waals surface area contributed by atoms with Crippen molar-refractivity contribution in [2.45, 2.75) is 51.5 Å². The average Bonchev–Trinajstić information content (AvgIpc) is 2.87. The highest BCUT2D eigenvalue weighted by Crippen LogP contribution is 2.22. The topological polar surface area (TPSA) is 72.6 Å². The van der Waals surface area contributed by atoms with E-state index in [0.717, 1.165) is 32.4 Å². The van der Waals surface area contributed by atoms with Crippen LogP contribution in [0.25, 0.3) is 0 Å². The first-order valence-corrected chi connectivity index (χ1v) is 7.34. The second-order valence-corrected chi connectivity index (χ2v) is 5.25. The Morgan fingerprint density at radius 2 is 2.21 bits per heavy atom. The van der Waals surface area contributed by atoms with Gasteiger partial charge in [-0.3, -0.25) is 14.7 Å². The summed E-state index contributed by atoms with van der Waals surface area (Å²) in [5.74, 6) is -0.749. The molecule has 0 aromatic rings. The van der Waals surface area contributed by atoms with Crippen LogP contribution in [-0.4, -0.2) is 52.8 Å². The van der Waals surface area contributed by atoms with Crippen LogP contribution >= 0.6 is 0 Å². The van der Waals surface area contributed by atoms with Gasteiger partial charge in [-0.2, -0.15) is 0 Å². The van der Waals surface area contributed by atoms with Gasteiger partial charge in [0.2, 0.25) is 6.34 Å². The van der Waals surface area contributed by atoms with Gasteiger partial charge in [0.1, 0.15) is 13.1 Å². The number of nitrogens with zero attached hydrogens (tertiary/aromatic N) is 1. The van der Waals surface area contributed by atoms with Crippen LogP contribution in [0.1, 0.15) is 45.4 Å². The number of carbonyl (C=O) groups is 1. The molecule has 5 heteroatoms. The van der Waals surface area contributed by atoms with Crippen LogP contribution in [0, 0.1) is 5.92 Å². The summed E-state index contributed by atoms with van der Waals surface area (Å²) < 4.78 is 2.22. The summed E-state index contributed by atoms with van der Waals surface area (Å²) in [6.07, 6.45) is 7.14. The molecule has 0 bridgehead atoms. The average molecular weight is 271 g/mol. The SMILES string of the molecule is CCCCC[C@@H]([C@H](CCO)CC(=O)O)[N+]1=CNCC1. The Balaban J connectivity index is 2.68. The second-order valence-electron chi connectivity index (χ2n) is 5.25. The van der Waals surface area contributed by atoms with E-state index in [-0.39, 0.29) is 25.0 Å². The minimum Gasteiger partial charge on any atom is -0.481 e. The number of carboxylic acids is 1. The number of aliphatic hydroxyl groups excluding tert-OH is 1. The fourth-order valence-electron chi connectivity index (χ4n) is 2.80. The summed E-state index contributed by atoms with van der Waals surface area (Å²) in [6, 6.07) is 0.227. The highest BCUT2D eigenvalue weighted by Gasteiger charge is 2.30. The standard InChI is InChI=1S/C14H26N2O3/c1-2-3-4-5-13(16-8-7-15-11-16)12(6-9-17)10-14(18)19/h11-13,17H,2-10H2,1H3,(H,18,19)/p+1/t12-,13+/m1/s1. The van der Waals surface area contributed by atoms with Crippen LogP contribution in [0.5, 0.6) is 0 Å². The fourth-order valence-corrected chi connectivity index (χ4v) is 2.80. The Bertz CT molecular complexity index is 305.